The van der Waals surface area contributed by atoms with Crippen molar-refractivity contribution >= 4 is 33.3 Å². The summed E-state index contributed by atoms with van der Waals surface area (Å²) in [5.41, 5.74) is 3.94. The molecule has 0 saturated carbocycles. The van der Waals surface area contributed by atoms with E-state index in [1.54, 1.807) is 28.5 Å². The largest absolute Gasteiger partial charge is 0.282 e. The van der Waals surface area contributed by atoms with Crippen LogP contribution in [0.4, 0.5) is 4.39 Å². The first-order valence-corrected chi connectivity index (χ1v) is 10.4. The Labute approximate surface area is 164 Å². The van der Waals surface area contributed by atoms with E-state index in [4.69, 9.17) is 4.98 Å². The lowest BCUT2D eigenvalue weighted by atomic mass is 10.2. The van der Waals surface area contributed by atoms with Crippen LogP contribution in [0.1, 0.15) is 16.7 Å². The molecule has 2 aromatic heterocycles. The third kappa shape index (κ3) is 3.96. The summed E-state index contributed by atoms with van der Waals surface area (Å²) < 4.78 is 15.5. The Balaban J connectivity index is 1.69. The second-order valence-corrected chi connectivity index (χ2v) is 8.18. The van der Waals surface area contributed by atoms with Crippen LogP contribution in [-0.4, -0.2) is 9.55 Å². The first-order valence-electron chi connectivity index (χ1n) is 8.51. The standard InChI is InChI=1S/C21H17FN2OS2/c1-14-2-4-16(5-3-14)13-27-21-23-18-10-11-26-19(18)20(25)24(21)12-15-6-8-17(22)9-7-15/h2-11H,12-13H2,1H3. The Kier molecular flexibility index (Phi) is 5.09. The molecule has 4 rings (SSSR count). The predicted octanol–water partition coefficient (Wildman–Crippen LogP) is 5.25. The average Bonchev–Trinajstić information content (AvgIpc) is 3.14. The van der Waals surface area contributed by atoms with Crippen molar-refractivity contribution in [3.63, 3.8) is 0 Å². The van der Waals surface area contributed by atoms with Gasteiger partial charge in [0.15, 0.2) is 5.16 Å². The molecule has 3 nitrogen and oxygen atoms in total. The van der Waals surface area contributed by atoms with Crippen molar-refractivity contribution in [2.45, 2.75) is 24.4 Å². The normalized spacial score (nSPS) is 11.2. The molecule has 0 spiro atoms. The van der Waals surface area contributed by atoms with E-state index in [2.05, 4.69) is 31.2 Å². The van der Waals surface area contributed by atoms with E-state index in [0.29, 0.717) is 16.4 Å². The first-order chi connectivity index (χ1) is 13.1. The Morgan fingerprint density at radius 1 is 1.04 bits per heavy atom. The Hall–Kier alpha value is -2.44. The third-order valence-corrected chi connectivity index (χ3v) is 6.21. The summed E-state index contributed by atoms with van der Waals surface area (Å²) in [5, 5.41) is 2.56. The number of aromatic nitrogens is 2. The van der Waals surface area contributed by atoms with Crippen molar-refractivity contribution in [1.82, 2.24) is 9.55 Å². The lowest BCUT2D eigenvalue weighted by Gasteiger charge is -2.12. The van der Waals surface area contributed by atoms with E-state index >= 15 is 0 Å². The summed E-state index contributed by atoms with van der Waals surface area (Å²) in [5.74, 6) is 0.443. The van der Waals surface area contributed by atoms with Crippen molar-refractivity contribution in [1.29, 1.82) is 0 Å². The molecule has 2 heterocycles. The quantitative estimate of drug-likeness (QED) is 0.341. The minimum Gasteiger partial charge on any atom is -0.282 e. The highest BCUT2D eigenvalue weighted by atomic mass is 32.2. The molecule has 6 heteroatoms. The molecule has 0 fully saturated rings. The number of nitrogens with zero attached hydrogens (tertiary/aromatic N) is 2. The van der Waals surface area contributed by atoms with E-state index in [0.717, 1.165) is 16.8 Å². The van der Waals surface area contributed by atoms with Crippen molar-refractivity contribution < 1.29 is 4.39 Å². The van der Waals surface area contributed by atoms with Crippen LogP contribution in [0, 0.1) is 12.7 Å². The zero-order valence-corrected chi connectivity index (χ0v) is 16.3. The summed E-state index contributed by atoms with van der Waals surface area (Å²) in [4.78, 5) is 17.7. The van der Waals surface area contributed by atoms with Gasteiger partial charge in [0.2, 0.25) is 0 Å². The zero-order valence-electron chi connectivity index (χ0n) is 14.7. The number of fused-ring (bicyclic) bond motifs is 1. The molecule has 0 N–H and O–H groups in total. The number of hydrogen-bond donors (Lipinski definition) is 0. The molecule has 0 unspecified atom stereocenters. The Bertz CT molecular complexity index is 1130. The molecule has 4 aromatic rings. The van der Waals surface area contributed by atoms with Crippen LogP contribution < -0.4 is 5.56 Å². The Morgan fingerprint density at radius 3 is 2.48 bits per heavy atom. The van der Waals surface area contributed by atoms with Crippen molar-refractivity contribution in [3.8, 4) is 0 Å². The predicted molar refractivity (Wildman–Crippen MR) is 110 cm³/mol. The van der Waals surface area contributed by atoms with Crippen LogP contribution in [0.15, 0.2) is 69.9 Å². The number of thioether (sulfide) groups is 1. The van der Waals surface area contributed by atoms with Gasteiger partial charge >= 0.3 is 0 Å². The van der Waals surface area contributed by atoms with Crippen LogP contribution in [-0.2, 0) is 12.3 Å². The van der Waals surface area contributed by atoms with Crippen LogP contribution in [0.25, 0.3) is 10.2 Å². The van der Waals surface area contributed by atoms with Gasteiger partial charge in [-0.25, -0.2) is 9.37 Å². The average molecular weight is 397 g/mol. The van der Waals surface area contributed by atoms with Gasteiger partial charge in [0.1, 0.15) is 10.5 Å². The maximum Gasteiger partial charge on any atom is 0.272 e. The molecule has 0 aliphatic rings. The zero-order chi connectivity index (χ0) is 18.8. The summed E-state index contributed by atoms with van der Waals surface area (Å²) in [6.45, 7) is 2.43. The van der Waals surface area contributed by atoms with E-state index in [-0.39, 0.29) is 11.4 Å². The second-order valence-electron chi connectivity index (χ2n) is 6.32. The van der Waals surface area contributed by atoms with Gasteiger partial charge < -0.3 is 0 Å². The van der Waals surface area contributed by atoms with E-state index in [9.17, 15) is 9.18 Å². The number of hydrogen-bond acceptors (Lipinski definition) is 4. The van der Waals surface area contributed by atoms with E-state index < -0.39 is 0 Å². The van der Waals surface area contributed by atoms with E-state index in [1.807, 2.05) is 11.4 Å². The molecule has 0 bridgehead atoms. The number of aryl methyl sites for hydroxylation is 1. The van der Waals surface area contributed by atoms with Crippen molar-refractivity contribution in [2.75, 3.05) is 0 Å². The highest BCUT2D eigenvalue weighted by molar-refractivity contribution is 7.98. The molecule has 0 amide bonds. The molecule has 27 heavy (non-hydrogen) atoms. The lowest BCUT2D eigenvalue weighted by Crippen LogP contribution is -2.23. The van der Waals surface area contributed by atoms with Crippen molar-refractivity contribution in [3.05, 3.63) is 92.8 Å². The number of rotatable bonds is 5. The third-order valence-electron chi connectivity index (χ3n) is 4.27. The number of halogens is 1. The monoisotopic (exact) mass is 396 g/mol. The van der Waals surface area contributed by atoms with Crippen LogP contribution in [0.5, 0.6) is 0 Å². The van der Waals surface area contributed by atoms with Crippen LogP contribution >= 0.6 is 23.1 Å². The molecular weight excluding hydrogens is 379 g/mol. The van der Waals surface area contributed by atoms with Gasteiger partial charge in [-0.3, -0.25) is 9.36 Å². The van der Waals surface area contributed by atoms with E-state index in [1.165, 1.54) is 34.6 Å². The molecule has 0 saturated heterocycles. The fourth-order valence-electron chi connectivity index (χ4n) is 2.78. The van der Waals surface area contributed by atoms with Gasteiger partial charge in [0.05, 0.1) is 12.1 Å². The molecule has 0 atom stereocenters. The van der Waals surface area contributed by atoms with Gasteiger partial charge in [-0.2, -0.15) is 0 Å². The summed E-state index contributed by atoms with van der Waals surface area (Å²) in [7, 11) is 0. The minimum absolute atomic E-state index is 0.0502. The molecular formula is C21H17FN2OS2. The lowest BCUT2D eigenvalue weighted by molar-refractivity contribution is 0.623. The second kappa shape index (κ2) is 7.66. The highest BCUT2D eigenvalue weighted by Crippen LogP contribution is 2.24. The van der Waals surface area contributed by atoms with Gasteiger partial charge in [0.25, 0.3) is 5.56 Å². The highest BCUT2D eigenvalue weighted by Gasteiger charge is 2.13. The molecule has 0 aliphatic heterocycles. The van der Waals surface area contributed by atoms with Crippen molar-refractivity contribution in [2.24, 2.45) is 0 Å². The fourth-order valence-corrected chi connectivity index (χ4v) is 4.51. The smallest absolute Gasteiger partial charge is 0.272 e. The van der Waals surface area contributed by atoms with Gasteiger partial charge in [-0.05, 0) is 41.6 Å². The maximum atomic E-state index is 13.2. The minimum atomic E-state index is -0.285. The van der Waals surface area contributed by atoms with Crippen LogP contribution in [0.3, 0.4) is 0 Å². The molecule has 0 aliphatic carbocycles. The maximum absolute atomic E-state index is 13.2. The fraction of sp³-hybridized carbons (Fsp3) is 0.143. The number of benzene rings is 2. The Morgan fingerprint density at radius 2 is 1.74 bits per heavy atom. The van der Waals surface area contributed by atoms with Crippen LogP contribution in [0.2, 0.25) is 0 Å². The van der Waals surface area contributed by atoms with Gasteiger partial charge in [-0.15, -0.1) is 11.3 Å². The summed E-state index contributed by atoms with van der Waals surface area (Å²) in [6.07, 6.45) is 0. The molecule has 0 radical (unpaired) electrons. The van der Waals surface area contributed by atoms with Gasteiger partial charge in [-0.1, -0.05) is 53.7 Å². The first kappa shape index (κ1) is 17.9. The topological polar surface area (TPSA) is 34.9 Å². The summed E-state index contributed by atoms with van der Waals surface area (Å²) in [6, 6.07) is 16.5. The molecule has 136 valence electrons. The summed E-state index contributed by atoms with van der Waals surface area (Å²) >= 11 is 2.94. The SMILES string of the molecule is Cc1ccc(CSc2nc3ccsc3c(=O)n2Cc2ccc(F)cc2)cc1. The van der Waals surface area contributed by atoms with Gasteiger partial charge in [0, 0.05) is 5.75 Å². The molecule has 2 aromatic carbocycles. The number of thiophene rings is 1.